The maximum atomic E-state index is 9.73. The molecule has 1 aromatic heterocycles. The molecule has 3 rings (SSSR count). The molecule has 0 saturated carbocycles. The number of anilines is 1. The molecule has 1 aromatic carbocycles. The Morgan fingerprint density at radius 3 is 2.62 bits per heavy atom. The van der Waals surface area contributed by atoms with E-state index >= 15 is 0 Å². The van der Waals surface area contributed by atoms with E-state index in [1.54, 1.807) is 6.20 Å². The minimum atomic E-state index is -0.350. The average Bonchev–Trinajstić information content (AvgIpc) is 2.98. The van der Waals surface area contributed by atoms with Gasteiger partial charge in [0.2, 0.25) is 6.79 Å². The predicted molar refractivity (Wildman–Crippen MR) is 81.9 cm³/mol. The number of aromatic nitrogens is 1. The Kier molecular flexibility index (Phi) is 3.59. The second-order valence-electron chi connectivity index (χ2n) is 5.36. The highest BCUT2D eigenvalue weighted by Gasteiger charge is 2.26. The summed E-state index contributed by atoms with van der Waals surface area (Å²) < 4.78 is 10.9. The molecule has 1 aliphatic heterocycles. The molecule has 0 unspecified atom stereocenters. The van der Waals surface area contributed by atoms with Crippen molar-refractivity contribution in [2.24, 2.45) is 0 Å². The SMILES string of the molecule is CCC(CC)(CO)Nc1nccc2cc3c(cc12)OCO3. The van der Waals surface area contributed by atoms with Gasteiger partial charge in [-0.25, -0.2) is 4.98 Å². The van der Waals surface area contributed by atoms with Crippen LogP contribution in [0.1, 0.15) is 26.7 Å². The van der Waals surface area contributed by atoms with Crippen molar-refractivity contribution >= 4 is 16.6 Å². The normalized spacial score (nSPS) is 13.7. The van der Waals surface area contributed by atoms with Crippen LogP contribution in [-0.4, -0.2) is 29.0 Å². The summed E-state index contributed by atoms with van der Waals surface area (Å²) in [4.78, 5) is 4.44. The molecule has 2 N–H and O–H groups in total. The third-order valence-corrected chi connectivity index (χ3v) is 4.30. The molecule has 5 heteroatoms. The number of aliphatic hydroxyl groups is 1. The van der Waals surface area contributed by atoms with Gasteiger partial charge in [0.1, 0.15) is 5.82 Å². The van der Waals surface area contributed by atoms with Gasteiger partial charge in [0, 0.05) is 11.6 Å². The summed E-state index contributed by atoms with van der Waals surface area (Å²) >= 11 is 0. The van der Waals surface area contributed by atoms with Crippen LogP contribution in [0, 0.1) is 0 Å². The summed E-state index contributed by atoms with van der Waals surface area (Å²) in [5.41, 5.74) is -0.350. The molecule has 0 saturated heterocycles. The van der Waals surface area contributed by atoms with Crippen molar-refractivity contribution in [2.45, 2.75) is 32.2 Å². The molecule has 0 fully saturated rings. The lowest BCUT2D eigenvalue weighted by atomic mass is 9.93. The standard InChI is InChI=1S/C16H20N2O3/c1-3-16(4-2,9-19)18-15-12-8-14-13(20-10-21-14)7-11(12)5-6-17-15/h5-8,19H,3-4,9-10H2,1-2H3,(H,17,18). The molecule has 0 bridgehead atoms. The number of benzene rings is 1. The largest absolute Gasteiger partial charge is 0.454 e. The van der Waals surface area contributed by atoms with Crippen molar-refractivity contribution in [3.05, 3.63) is 24.4 Å². The first-order valence-corrected chi connectivity index (χ1v) is 7.29. The Balaban J connectivity index is 2.06. The third-order valence-electron chi connectivity index (χ3n) is 4.30. The maximum absolute atomic E-state index is 9.73. The molecule has 0 spiro atoms. The maximum Gasteiger partial charge on any atom is 0.231 e. The summed E-state index contributed by atoms with van der Waals surface area (Å²) in [6.07, 6.45) is 3.41. The van der Waals surface area contributed by atoms with Crippen molar-refractivity contribution in [2.75, 3.05) is 18.7 Å². The number of hydrogen-bond acceptors (Lipinski definition) is 5. The number of nitrogens with one attached hydrogen (secondary N) is 1. The van der Waals surface area contributed by atoms with E-state index in [2.05, 4.69) is 24.1 Å². The first-order valence-electron chi connectivity index (χ1n) is 7.29. The fourth-order valence-corrected chi connectivity index (χ4v) is 2.60. The van der Waals surface area contributed by atoms with Crippen molar-refractivity contribution < 1.29 is 14.6 Å². The van der Waals surface area contributed by atoms with Gasteiger partial charge in [0.25, 0.3) is 0 Å². The van der Waals surface area contributed by atoms with Crippen LogP contribution in [0.4, 0.5) is 5.82 Å². The van der Waals surface area contributed by atoms with Gasteiger partial charge in [-0.2, -0.15) is 0 Å². The molecule has 2 aromatic rings. The van der Waals surface area contributed by atoms with Crippen LogP contribution >= 0.6 is 0 Å². The van der Waals surface area contributed by atoms with Gasteiger partial charge >= 0.3 is 0 Å². The van der Waals surface area contributed by atoms with Crippen molar-refractivity contribution in [1.29, 1.82) is 0 Å². The highest BCUT2D eigenvalue weighted by atomic mass is 16.7. The Hall–Kier alpha value is -2.01. The lowest BCUT2D eigenvalue weighted by molar-refractivity contribution is 0.174. The molecule has 0 amide bonds. The van der Waals surface area contributed by atoms with Crippen molar-refractivity contribution in [3.63, 3.8) is 0 Å². The van der Waals surface area contributed by atoms with Gasteiger partial charge in [-0.15, -0.1) is 0 Å². The fourth-order valence-electron chi connectivity index (χ4n) is 2.60. The van der Waals surface area contributed by atoms with E-state index in [4.69, 9.17) is 9.47 Å². The van der Waals surface area contributed by atoms with Crippen LogP contribution < -0.4 is 14.8 Å². The smallest absolute Gasteiger partial charge is 0.231 e. The van der Waals surface area contributed by atoms with Gasteiger partial charge < -0.3 is 19.9 Å². The number of hydrogen-bond donors (Lipinski definition) is 2. The third kappa shape index (κ3) is 2.38. The molecule has 21 heavy (non-hydrogen) atoms. The van der Waals surface area contributed by atoms with Crippen LogP contribution in [0.25, 0.3) is 10.8 Å². The monoisotopic (exact) mass is 288 g/mol. The van der Waals surface area contributed by atoms with Gasteiger partial charge in [0.05, 0.1) is 12.1 Å². The van der Waals surface area contributed by atoms with E-state index in [1.165, 1.54) is 0 Å². The van der Waals surface area contributed by atoms with E-state index in [1.807, 2.05) is 18.2 Å². The van der Waals surface area contributed by atoms with Crippen LogP contribution in [0.2, 0.25) is 0 Å². The van der Waals surface area contributed by atoms with Crippen LogP contribution in [-0.2, 0) is 0 Å². The molecule has 0 aliphatic carbocycles. The topological polar surface area (TPSA) is 63.6 Å². The quantitative estimate of drug-likeness (QED) is 0.885. The second-order valence-corrected chi connectivity index (χ2v) is 5.36. The van der Waals surface area contributed by atoms with Crippen LogP contribution in [0.15, 0.2) is 24.4 Å². The average molecular weight is 288 g/mol. The van der Waals surface area contributed by atoms with Gasteiger partial charge in [-0.3, -0.25) is 0 Å². The summed E-state index contributed by atoms with van der Waals surface area (Å²) in [6.45, 7) is 4.45. The summed E-state index contributed by atoms with van der Waals surface area (Å²) in [6, 6.07) is 5.85. The Morgan fingerprint density at radius 1 is 1.24 bits per heavy atom. The van der Waals surface area contributed by atoms with E-state index in [-0.39, 0.29) is 18.9 Å². The van der Waals surface area contributed by atoms with Gasteiger partial charge in [0.15, 0.2) is 11.5 Å². The molecule has 112 valence electrons. The number of aliphatic hydroxyl groups excluding tert-OH is 1. The summed E-state index contributed by atoms with van der Waals surface area (Å²) in [5, 5.41) is 15.2. The number of fused-ring (bicyclic) bond motifs is 2. The number of pyridine rings is 1. The Bertz CT molecular complexity index is 645. The van der Waals surface area contributed by atoms with Crippen molar-refractivity contribution in [3.8, 4) is 11.5 Å². The fraction of sp³-hybridized carbons (Fsp3) is 0.438. The Labute approximate surface area is 123 Å². The highest BCUT2D eigenvalue weighted by molar-refractivity contribution is 5.94. The first kappa shape index (κ1) is 13.9. The van der Waals surface area contributed by atoms with E-state index in [9.17, 15) is 5.11 Å². The molecular formula is C16H20N2O3. The van der Waals surface area contributed by atoms with E-state index in [0.717, 1.165) is 40.9 Å². The summed E-state index contributed by atoms with van der Waals surface area (Å²) in [7, 11) is 0. The molecule has 5 nitrogen and oxygen atoms in total. The minimum Gasteiger partial charge on any atom is -0.454 e. The van der Waals surface area contributed by atoms with Gasteiger partial charge in [-0.1, -0.05) is 13.8 Å². The molecular weight excluding hydrogens is 268 g/mol. The number of ether oxygens (including phenoxy) is 2. The Morgan fingerprint density at radius 2 is 1.95 bits per heavy atom. The summed E-state index contributed by atoms with van der Waals surface area (Å²) in [5.74, 6) is 2.27. The predicted octanol–water partition coefficient (Wildman–Crippen LogP) is 2.93. The zero-order chi connectivity index (χ0) is 14.9. The molecule has 0 atom stereocenters. The number of rotatable bonds is 5. The first-order chi connectivity index (χ1) is 10.2. The lowest BCUT2D eigenvalue weighted by Crippen LogP contribution is -2.41. The number of nitrogens with zero attached hydrogens (tertiary/aromatic N) is 1. The highest BCUT2D eigenvalue weighted by Crippen LogP contribution is 2.38. The zero-order valence-corrected chi connectivity index (χ0v) is 12.3. The van der Waals surface area contributed by atoms with Crippen LogP contribution in [0.5, 0.6) is 11.5 Å². The van der Waals surface area contributed by atoms with Crippen molar-refractivity contribution in [1.82, 2.24) is 4.98 Å². The molecule has 1 aliphatic rings. The second kappa shape index (κ2) is 5.41. The zero-order valence-electron chi connectivity index (χ0n) is 12.3. The van der Waals surface area contributed by atoms with E-state index in [0.29, 0.717) is 0 Å². The van der Waals surface area contributed by atoms with Gasteiger partial charge in [-0.05, 0) is 36.4 Å². The van der Waals surface area contributed by atoms with Crippen LogP contribution in [0.3, 0.4) is 0 Å². The lowest BCUT2D eigenvalue weighted by Gasteiger charge is -2.31. The molecule has 2 heterocycles. The van der Waals surface area contributed by atoms with E-state index < -0.39 is 0 Å². The molecule has 0 radical (unpaired) electrons. The minimum absolute atomic E-state index is 0.0720.